The summed E-state index contributed by atoms with van der Waals surface area (Å²) >= 11 is 0. The van der Waals surface area contributed by atoms with Crippen molar-refractivity contribution in [3.05, 3.63) is 134 Å². The molecular formula is C36H36N4OPd-4. The normalized spacial score (nSPS) is 16.3. The third kappa shape index (κ3) is 5.85. The van der Waals surface area contributed by atoms with E-state index in [2.05, 4.69) is 143 Å². The summed E-state index contributed by atoms with van der Waals surface area (Å²) in [6.45, 7) is 15.3. The third-order valence-corrected chi connectivity index (χ3v) is 7.92. The van der Waals surface area contributed by atoms with Crippen LogP contribution in [0.3, 0.4) is 0 Å². The molecule has 6 heteroatoms. The molecular weight excluding hydrogens is 611 g/mol. The van der Waals surface area contributed by atoms with Crippen LogP contribution in [0.5, 0.6) is 11.5 Å². The first-order valence-corrected chi connectivity index (χ1v) is 14.0. The van der Waals surface area contributed by atoms with Gasteiger partial charge < -0.3 is 24.3 Å². The van der Waals surface area contributed by atoms with E-state index < -0.39 is 0 Å². The van der Waals surface area contributed by atoms with E-state index in [1.807, 2.05) is 41.4 Å². The molecule has 0 aromatic heterocycles. The molecule has 0 unspecified atom stereocenters. The van der Waals surface area contributed by atoms with E-state index in [1.165, 1.54) is 11.1 Å². The van der Waals surface area contributed by atoms with E-state index >= 15 is 0 Å². The molecule has 0 bridgehead atoms. The average molecular weight is 647 g/mol. The van der Waals surface area contributed by atoms with Gasteiger partial charge in [-0.25, -0.2) is 0 Å². The predicted molar refractivity (Wildman–Crippen MR) is 168 cm³/mol. The first-order valence-electron chi connectivity index (χ1n) is 14.0. The van der Waals surface area contributed by atoms with E-state index in [0.29, 0.717) is 11.5 Å². The predicted octanol–water partition coefficient (Wildman–Crippen LogP) is 8.73. The van der Waals surface area contributed by atoms with Crippen molar-refractivity contribution in [3.63, 3.8) is 0 Å². The topological polar surface area (TPSA) is 22.2 Å². The number of para-hydroxylation sites is 1. The van der Waals surface area contributed by atoms with Gasteiger partial charge in [-0.2, -0.15) is 18.8 Å². The van der Waals surface area contributed by atoms with Gasteiger partial charge in [0.25, 0.3) is 0 Å². The molecule has 0 amide bonds. The number of anilines is 4. The van der Waals surface area contributed by atoms with Gasteiger partial charge in [0.15, 0.2) is 0 Å². The van der Waals surface area contributed by atoms with E-state index in [9.17, 15) is 0 Å². The first-order chi connectivity index (χ1) is 19.6. The number of fused-ring (bicyclic) bond motifs is 1. The molecule has 0 aliphatic carbocycles. The van der Waals surface area contributed by atoms with Crippen molar-refractivity contribution in [1.29, 1.82) is 0 Å². The molecule has 220 valence electrons. The Bertz CT molecular complexity index is 1570. The van der Waals surface area contributed by atoms with Gasteiger partial charge in [0, 0.05) is 48.8 Å². The number of hydrogen-bond acceptors (Lipinski definition) is 5. The Morgan fingerprint density at radius 1 is 0.714 bits per heavy atom. The summed E-state index contributed by atoms with van der Waals surface area (Å²) in [5, 5.41) is 0. The van der Waals surface area contributed by atoms with Crippen molar-refractivity contribution >= 4 is 22.7 Å². The molecule has 6 rings (SSSR count). The van der Waals surface area contributed by atoms with Crippen molar-refractivity contribution in [1.82, 2.24) is 4.90 Å². The Kier molecular flexibility index (Phi) is 8.27. The van der Waals surface area contributed by atoms with Crippen molar-refractivity contribution in [2.24, 2.45) is 0 Å². The van der Waals surface area contributed by atoms with E-state index in [0.717, 1.165) is 22.7 Å². The van der Waals surface area contributed by atoms with Gasteiger partial charge in [0.05, 0.1) is 0 Å². The smallest absolute Gasteiger partial charge is 0.0165 e. The van der Waals surface area contributed by atoms with Gasteiger partial charge in [-0.1, -0.05) is 51.1 Å². The summed E-state index contributed by atoms with van der Waals surface area (Å²) in [4.78, 5) is 8.55. The molecule has 2 heterocycles. The fraction of sp³-hybridized carbons (Fsp3) is 0.222. The molecule has 42 heavy (non-hydrogen) atoms. The van der Waals surface area contributed by atoms with E-state index in [4.69, 9.17) is 4.74 Å². The maximum atomic E-state index is 6.28. The Morgan fingerprint density at radius 3 is 2.02 bits per heavy atom. The molecule has 5 nitrogen and oxygen atoms in total. The summed E-state index contributed by atoms with van der Waals surface area (Å²) in [6, 6.07) is 36.0. The largest absolute Gasteiger partial charge is 0.509 e. The Labute approximate surface area is 264 Å². The second-order valence-electron chi connectivity index (χ2n) is 12.1. The summed E-state index contributed by atoms with van der Waals surface area (Å²) in [7, 11) is 2.11. The number of hydrogen-bond donors (Lipinski definition) is 0. The summed E-state index contributed by atoms with van der Waals surface area (Å²) < 4.78 is 6.28. The van der Waals surface area contributed by atoms with Crippen LogP contribution in [-0.4, -0.2) is 11.9 Å². The van der Waals surface area contributed by atoms with E-state index in [-0.39, 0.29) is 31.4 Å². The minimum absolute atomic E-state index is 0. The fourth-order valence-corrected chi connectivity index (χ4v) is 5.15. The maximum Gasteiger partial charge on any atom is 0.0165 e. The van der Waals surface area contributed by atoms with Crippen LogP contribution in [0, 0.1) is 25.5 Å². The van der Waals surface area contributed by atoms with Crippen molar-refractivity contribution in [3.8, 4) is 11.5 Å². The third-order valence-electron chi connectivity index (χ3n) is 7.92. The van der Waals surface area contributed by atoms with Crippen LogP contribution >= 0.6 is 0 Å². The van der Waals surface area contributed by atoms with Crippen LogP contribution < -0.4 is 19.4 Å². The van der Waals surface area contributed by atoms with Crippen LogP contribution in [0.1, 0.15) is 45.7 Å². The van der Waals surface area contributed by atoms with Crippen molar-refractivity contribution in [2.75, 3.05) is 21.7 Å². The molecule has 0 radical (unpaired) electrons. The number of benzene rings is 4. The molecule has 4 aromatic rings. The van der Waals surface area contributed by atoms with Gasteiger partial charge in [0.1, 0.15) is 0 Å². The molecule has 0 spiro atoms. The fourth-order valence-electron chi connectivity index (χ4n) is 5.15. The average Bonchev–Trinajstić information content (AvgIpc) is 3.46. The Hall–Kier alpha value is -3.56. The number of nitrogens with zero attached hydrogens (tertiary/aromatic N) is 4. The van der Waals surface area contributed by atoms with Gasteiger partial charge in [0.2, 0.25) is 0 Å². The summed E-state index contributed by atoms with van der Waals surface area (Å²) in [5.41, 5.74) is 6.67. The minimum atomic E-state index is -0.108. The minimum Gasteiger partial charge on any atom is -0.509 e. The van der Waals surface area contributed by atoms with Crippen molar-refractivity contribution in [2.45, 2.75) is 45.6 Å². The standard InChI is InChI=1S/C36H36N4O.Pd/c1-35(2,3)27-17-19-28(20-18-27)38-21-22-39(26-38)29-11-9-13-31(23-29)41-32-14-10-12-30(24-32)40-25-37(6)36(4,5)33-15-7-8-16-34(33)40;/h7-22,25-26H,1-6H3;/q-4;. The van der Waals surface area contributed by atoms with Crippen LogP contribution in [-0.2, 0) is 31.4 Å². The molecule has 4 aromatic carbocycles. The Morgan fingerprint density at radius 2 is 1.33 bits per heavy atom. The Balaban J connectivity index is 0.00000353. The SMILES string of the molecule is CN1[CH-]N(c2[c-]c(Oc3[c-]c(N4C=CN(c5ccc(C(C)(C)C)cc5)[CH-]4)ccc3)ccc2)c2ccccc2C1(C)C.[Pd]. The molecule has 0 atom stereocenters. The second-order valence-corrected chi connectivity index (χ2v) is 12.1. The number of rotatable bonds is 5. The van der Waals surface area contributed by atoms with Crippen LogP contribution in [0.15, 0.2) is 97.3 Å². The monoisotopic (exact) mass is 646 g/mol. The summed E-state index contributed by atoms with van der Waals surface area (Å²) in [5.74, 6) is 1.27. The quantitative estimate of drug-likeness (QED) is 0.159. The van der Waals surface area contributed by atoms with Crippen LogP contribution in [0.25, 0.3) is 0 Å². The zero-order valence-corrected chi connectivity index (χ0v) is 26.5. The van der Waals surface area contributed by atoms with Crippen LogP contribution in [0.4, 0.5) is 22.7 Å². The zero-order valence-electron chi connectivity index (χ0n) is 24.9. The van der Waals surface area contributed by atoms with Gasteiger partial charge >= 0.3 is 0 Å². The van der Waals surface area contributed by atoms with Gasteiger partial charge in [-0.15, -0.1) is 54.4 Å². The molecule has 2 aliphatic heterocycles. The van der Waals surface area contributed by atoms with Crippen LogP contribution in [0.2, 0.25) is 0 Å². The zero-order chi connectivity index (χ0) is 28.8. The summed E-state index contributed by atoms with van der Waals surface area (Å²) in [6.07, 6.45) is 4.08. The molecule has 0 saturated heterocycles. The number of ether oxygens (including phenoxy) is 1. The molecule has 0 fully saturated rings. The van der Waals surface area contributed by atoms with Gasteiger partial charge in [-0.3, -0.25) is 0 Å². The maximum absolute atomic E-state index is 6.28. The molecule has 0 saturated carbocycles. The first kappa shape index (κ1) is 29.9. The second kappa shape index (κ2) is 11.6. The van der Waals surface area contributed by atoms with Crippen molar-refractivity contribution < 1.29 is 25.2 Å². The van der Waals surface area contributed by atoms with Gasteiger partial charge in [-0.05, 0) is 68.0 Å². The molecule has 2 aliphatic rings. The molecule has 0 N–H and O–H groups in total. The van der Waals surface area contributed by atoms with E-state index in [1.54, 1.807) is 0 Å².